The van der Waals surface area contributed by atoms with E-state index in [1.54, 1.807) is 11.3 Å². The summed E-state index contributed by atoms with van der Waals surface area (Å²) in [6, 6.07) is 0.361. The maximum absolute atomic E-state index is 12.6. The molecule has 0 unspecified atom stereocenters. The molecule has 142 valence electrons. The smallest absolute Gasteiger partial charge is 0.225 e. The van der Waals surface area contributed by atoms with E-state index in [2.05, 4.69) is 15.2 Å². The number of hydrogen-bond donors (Lipinski definition) is 1. The highest BCUT2D eigenvalue weighted by molar-refractivity contribution is 7.13. The minimum Gasteiger partial charge on any atom is -0.350 e. The van der Waals surface area contributed by atoms with Gasteiger partial charge in [-0.2, -0.15) is 0 Å². The number of nitrogens with one attached hydrogen (secondary N) is 1. The Bertz CT molecular complexity index is 650. The number of rotatable bonds is 5. The number of thiazole rings is 1. The first-order valence-corrected chi connectivity index (χ1v) is 10.9. The van der Waals surface area contributed by atoms with Crippen LogP contribution in [0.2, 0.25) is 0 Å². The van der Waals surface area contributed by atoms with Crippen LogP contribution in [0.3, 0.4) is 0 Å². The maximum atomic E-state index is 12.6. The molecule has 3 aliphatic rings. The van der Waals surface area contributed by atoms with Gasteiger partial charge in [-0.15, -0.1) is 11.3 Å². The van der Waals surface area contributed by atoms with Gasteiger partial charge in [0.05, 0.1) is 18.2 Å². The SMILES string of the molecule is O=C(NCc1csc(N2CCCC2)n1)[C@@H]1CCC(=O)N(C2CCCC2)C1. The molecule has 3 heterocycles. The van der Waals surface area contributed by atoms with Crippen LogP contribution in [0.15, 0.2) is 5.38 Å². The predicted octanol–water partition coefficient (Wildman–Crippen LogP) is 2.54. The number of aromatic nitrogens is 1. The van der Waals surface area contributed by atoms with Crippen molar-refractivity contribution >= 4 is 28.3 Å². The highest BCUT2D eigenvalue weighted by Gasteiger charge is 2.35. The summed E-state index contributed by atoms with van der Waals surface area (Å²) in [5, 5.41) is 6.16. The fourth-order valence-electron chi connectivity index (χ4n) is 4.41. The summed E-state index contributed by atoms with van der Waals surface area (Å²) < 4.78 is 0. The van der Waals surface area contributed by atoms with Crippen LogP contribution in [-0.2, 0) is 16.1 Å². The Morgan fingerprint density at radius 2 is 1.96 bits per heavy atom. The highest BCUT2D eigenvalue weighted by atomic mass is 32.1. The zero-order valence-corrected chi connectivity index (χ0v) is 16.1. The molecule has 0 radical (unpaired) electrons. The number of nitrogens with zero attached hydrogens (tertiary/aromatic N) is 3. The number of carbonyl (C=O) groups is 2. The molecule has 1 atom stereocenters. The summed E-state index contributed by atoms with van der Waals surface area (Å²) in [5.41, 5.74) is 0.935. The number of hydrogen-bond acceptors (Lipinski definition) is 5. The van der Waals surface area contributed by atoms with Gasteiger partial charge in [-0.05, 0) is 32.1 Å². The molecule has 1 aromatic rings. The Labute approximate surface area is 159 Å². The summed E-state index contributed by atoms with van der Waals surface area (Å²) in [7, 11) is 0. The van der Waals surface area contributed by atoms with Crippen molar-refractivity contribution in [3.8, 4) is 0 Å². The van der Waals surface area contributed by atoms with Gasteiger partial charge in [0, 0.05) is 37.5 Å². The molecule has 1 aromatic heterocycles. The van der Waals surface area contributed by atoms with Crippen LogP contribution in [0.25, 0.3) is 0 Å². The minimum absolute atomic E-state index is 0.0659. The lowest BCUT2D eigenvalue weighted by molar-refractivity contribution is -0.140. The quantitative estimate of drug-likeness (QED) is 0.858. The molecular weight excluding hydrogens is 348 g/mol. The first kappa shape index (κ1) is 17.8. The maximum Gasteiger partial charge on any atom is 0.225 e. The van der Waals surface area contributed by atoms with Crippen LogP contribution in [0, 0.1) is 5.92 Å². The van der Waals surface area contributed by atoms with E-state index >= 15 is 0 Å². The Kier molecular flexibility index (Phi) is 5.43. The van der Waals surface area contributed by atoms with Crippen molar-refractivity contribution < 1.29 is 9.59 Å². The Balaban J connectivity index is 1.29. The van der Waals surface area contributed by atoms with E-state index in [1.807, 2.05) is 10.3 Å². The van der Waals surface area contributed by atoms with Gasteiger partial charge in [0.25, 0.3) is 0 Å². The second kappa shape index (κ2) is 7.94. The number of piperidine rings is 1. The Morgan fingerprint density at radius 1 is 1.19 bits per heavy atom. The van der Waals surface area contributed by atoms with Crippen molar-refractivity contribution in [2.45, 2.75) is 64.0 Å². The average molecular weight is 377 g/mol. The topological polar surface area (TPSA) is 65.5 Å². The lowest BCUT2D eigenvalue weighted by Crippen LogP contribution is -2.49. The molecule has 0 spiro atoms. The third-order valence-corrected chi connectivity index (χ3v) is 6.89. The standard InChI is InChI=1S/C19H28N4O2S/c24-17-8-7-14(12-23(17)16-5-1-2-6-16)18(25)20-11-15-13-26-19(21-15)22-9-3-4-10-22/h13-14,16H,1-12H2,(H,20,25)/t14-/m1/s1. The average Bonchev–Trinajstić information content (AvgIpc) is 3.42. The Hall–Kier alpha value is -1.63. The van der Waals surface area contributed by atoms with Gasteiger partial charge < -0.3 is 15.1 Å². The second-order valence-electron chi connectivity index (χ2n) is 7.75. The number of amides is 2. The van der Waals surface area contributed by atoms with Crippen LogP contribution in [0.5, 0.6) is 0 Å². The van der Waals surface area contributed by atoms with E-state index < -0.39 is 0 Å². The highest BCUT2D eigenvalue weighted by Crippen LogP contribution is 2.29. The molecule has 6 nitrogen and oxygen atoms in total. The van der Waals surface area contributed by atoms with Crippen molar-refractivity contribution in [1.82, 2.24) is 15.2 Å². The van der Waals surface area contributed by atoms with Crippen molar-refractivity contribution in [2.24, 2.45) is 5.92 Å². The van der Waals surface area contributed by atoms with Crippen LogP contribution in [0.1, 0.15) is 57.1 Å². The van der Waals surface area contributed by atoms with Gasteiger partial charge in [-0.1, -0.05) is 12.8 Å². The largest absolute Gasteiger partial charge is 0.350 e. The van der Waals surface area contributed by atoms with Gasteiger partial charge in [-0.3, -0.25) is 9.59 Å². The first-order chi connectivity index (χ1) is 12.7. The van der Waals surface area contributed by atoms with E-state index in [0.29, 0.717) is 32.0 Å². The molecule has 0 bridgehead atoms. The van der Waals surface area contributed by atoms with E-state index in [9.17, 15) is 9.59 Å². The van der Waals surface area contributed by atoms with Crippen LogP contribution >= 0.6 is 11.3 Å². The minimum atomic E-state index is -0.0787. The lowest BCUT2D eigenvalue weighted by atomic mass is 9.95. The molecule has 0 aromatic carbocycles. The molecule has 7 heteroatoms. The second-order valence-corrected chi connectivity index (χ2v) is 8.59. The third kappa shape index (κ3) is 3.87. The van der Waals surface area contributed by atoms with Crippen LogP contribution in [-0.4, -0.2) is 47.4 Å². The van der Waals surface area contributed by atoms with Crippen molar-refractivity contribution in [3.05, 3.63) is 11.1 Å². The molecule has 2 aliphatic heterocycles. The summed E-state index contributed by atoms with van der Waals surface area (Å²) in [5.74, 6) is 0.219. The fraction of sp³-hybridized carbons (Fsp3) is 0.737. The molecule has 1 aliphatic carbocycles. The zero-order chi connectivity index (χ0) is 17.9. The van der Waals surface area contributed by atoms with Crippen molar-refractivity contribution in [2.75, 3.05) is 24.5 Å². The van der Waals surface area contributed by atoms with E-state index in [1.165, 1.54) is 25.7 Å². The van der Waals surface area contributed by atoms with Crippen LogP contribution in [0.4, 0.5) is 5.13 Å². The summed E-state index contributed by atoms with van der Waals surface area (Å²) in [6.45, 7) is 3.25. The van der Waals surface area contributed by atoms with Crippen molar-refractivity contribution in [3.63, 3.8) is 0 Å². The van der Waals surface area contributed by atoms with Crippen LogP contribution < -0.4 is 10.2 Å². The van der Waals surface area contributed by atoms with Gasteiger partial charge >= 0.3 is 0 Å². The van der Waals surface area contributed by atoms with Gasteiger partial charge in [-0.25, -0.2) is 4.98 Å². The molecule has 4 rings (SSSR count). The van der Waals surface area contributed by atoms with Crippen molar-refractivity contribution in [1.29, 1.82) is 0 Å². The van der Waals surface area contributed by atoms with Gasteiger partial charge in [0.1, 0.15) is 0 Å². The normalized spacial score (nSPS) is 24.5. The number of likely N-dealkylation sites (tertiary alicyclic amines) is 1. The van der Waals surface area contributed by atoms with Gasteiger partial charge in [0.15, 0.2) is 5.13 Å². The molecule has 3 fully saturated rings. The van der Waals surface area contributed by atoms with Gasteiger partial charge in [0.2, 0.25) is 11.8 Å². The monoisotopic (exact) mass is 376 g/mol. The Morgan fingerprint density at radius 3 is 2.73 bits per heavy atom. The summed E-state index contributed by atoms with van der Waals surface area (Å²) >= 11 is 1.66. The molecule has 1 N–H and O–H groups in total. The number of anilines is 1. The van der Waals surface area contributed by atoms with E-state index in [0.717, 1.165) is 36.8 Å². The summed E-state index contributed by atoms with van der Waals surface area (Å²) in [6.07, 6.45) is 8.25. The lowest BCUT2D eigenvalue weighted by Gasteiger charge is -2.36. The molecule has 2 amide bonds. The number of carbonyl (C=O) groups excluding carboxylic acids is 2. The molecule has 1 saturated carbocycles. The predicted molar refractivity (Wildman–Crippen MR) is 102 cm³/mol. The van der Waals surface area contributed by atoms with E-state index in [-0.39, 0.29) is 17.7 Å². The fourth-order valence-corrected chi connectivity index (χ4v) is 5.29. The first-order valence-electron chi connectivity index (χ1n) is 9.97. The zero-order valence-electron chi connectivity index (χ0n) is 15.3. The summed E-state index contributed by atoms with van der Waals surface area (Å²) in [4.78, 5) is 33.8. The molecular formula is C19H28N4O2S. The molecule has 2 saturated heterocycles. The van der Waals surface area contributed by atoms with E-state index in [4.69, 9.17) is 0 Å². The molecule has 26 heavy (non-hydrogen) atoms. The third-order valence-electron chi connectivity index (χ3n) is 5.94.